The lowest BCUT2D eigenvalue weighted by Crippen LogP contribution is -2.15. The minimum absolute atomic E-state index is 0. The van der Waals surface area contributed by atoms with Crippen molar-refractivity contribution in [2.45, 2.75) is 18.9 Å². The Balaban J connectivity index is 0.000000317. The Hall–Kier alpha value is -5.68. The maximum absolute atomic E-state index is 12.1. The summed E-state index contributed by atoms with van der Waals surface area (Å²) in [5.74, 6) is 2.20. The number of halogens is 5. The number of carbonyl (C=O) groups is 3. The van der Waals surface area contributed by atoms with Crippen molar-refractivity contribution < 1.29 is 42.8 Å². The quantitative estimate of drug-likeness (QED) is 0.0332. The average molecular weight is 1080 g/mol. The molecule has 68 heavy (non-hydrogen) atoms. The first-order chi connectivity index (χ1) is 32.1. The molecule has 6 aromatic heterocycles. The number of rotatable bonds is 12. The smallest absolute Gasteiger partial charge is 0.256 e. The van der Waals surface area contributed by atoms with Gasteiger partial charge in [0, 0.05) is 30.0 Å². The Morgan fingerprint density at radius 1 is 0.691 bits per heavy atom. The number of nitrogen functional groups attached to an aromatic ring is 1. The zero-order valence-corrected chi connectivity index (χ0v) is 41.8. The number of ether oxygens (including phenoxy) is 6. The number of pyridine rings is 5. The molecule has 26 heteroatoms. The number of nitrogens with zero attached hydrogens (tertiary/aromatic N) is 6. The highest BCUT2D eigenvalue weighted by Crippen LogP contribution is 2.32. The van der Waals surface area contributed by atoms with Crippen LogP contribution in [0.3, 0.4) is 0 Å². The molecule has 7 rings (SSSR count). The first-order valence-corrected chi connectivity index (χ1v) is 22.3. The Kier molecular flexibility index (Phi) is 26.3. The second-order valence-electron chi connectivity index (χ2n) is 12.4. The lowest BCUT2D eigenvalue weighted by atomic mass is 10.2. The van der Waals surface area contributed by atoms with Crippen LogP contribution in [-0.4, -0.2) is 112 Å². The van der Waals surface area contributed by atoms with Gasteiger partial charge in [0.15, 0.2) is 17.2 Å². The van der Waals surface area contributed by atoms with Gasteiger partial charge < -0.3 is 49.8 Å². The summed E-state index contributed by atoms with van der Waals surface area (Å²) >= 11 is 32.0. The van der Waals surface area contributed by atoms with Crippen LogP contribution in [0.1, 0.15) is 13.0 Å². The van der Waals surface area contributed by atoms with Crippen LogP contribution in [-0.2, 0) is 20.8 Å². The Morgan fingerprint density at radius 3 is 1.71 bits per heavy atom. The predicted molar refractivity (Wildman–Crippen MR) is 274 cm³/mol. The fraction of sp³-hybridized carbons (Fsp3) is 0.262. The number of thiol groups is 1. The van der Waals surface area contributed by atoms with E-state index in [9.17, 15) is 14.4 Å². The first kappa shape index (κ1) is 58.4. The van der Waals surface area contributed by atoms with Gasteiger partial charge in [-0.1, -0.05) is 30.6 Å². The van der Waals surface area contributed by atoms with Crippen LogP contribution in [0.25, 0.3) is 10.9 Å². The molecule has 366 valence electrons. The summed E-state index contributed by atoms with van der Waals surface area (Å²) < 4.78 is 30.0. The van der Waals surface area contributed by atoms with Crippen LogP contribution in [0.5, 0.6) is 34.9 Å². The van der Waals surface area contributed by atoms with Crippen molar-refractivity contribution in [2.75, 3.05) is 76.5 Å². The van der Waals surface area contributed by atoms with Gasteiger partial charge in [0.1, 0.15) is 16.2 Å². The topological polar surface area (TPSA) is 249 Å². The maximum atomic E-state index is 12.1. The Morgan fingerprint density at radius 2 is 1.19 bits per heavy atom. The largest absolute Gasteiger partial charge is 0.491 e. The zero-order valence-electron chi connectivity index (χ0n) is 36.4. The molecular formula is C42H47Cl5N10O9S2. The molecule has 1 aliphatic heterocycles. The molecule has 0 radical (unpaired) electrons. The zero-order chi connectivity index (χ0) is 49.5. The van der Waals surface area contributed by atoms with Gasteiger partial charge in [0.2, 0.25) is 17.1 Å². The lowest BCUT2D eigenvalue weighted by molar-refractivity contribution is -0.114. The number of H-pyrrole nitrogens is 1. The number of hydrogen-bond acceptors (Lipinski definition) is 18. The van der Waals surface area contributed by atoms with E-state index in [2.05, 4.69) is 58.2 Å². The van der Waals surface area contributed by atoms with E-state index in [1.165, 1.54) is 65.9 Å². The molecule has 19 nitrogen and oxygen atoms in total. The summed E-state index contributed by atoms with van der Waals surface area (Å²) in [7, 11) is 9.06. The highest BCUT2D eigenvalue weighted by atomic mass is 35.5. The molecule has 1 aliphatic rings. The first-order valence-electron chi connectivity index (χ1n) is 18.7. The fourth-order valence-electron chi connectivity index (χ4n) is 5.00. The Bertz CT molecular complexity index is 2630. The second-order valence-corrected chi connectivity index (χ2v) is 15.7. The van der Waals surface area contributed by atoms with Gasteiger partial charge in [0.25, 0.3) is 17.6 Å². The van der Waals surface area contributed by atoms with Gasteiger partial charge in [-0.2, -0.15) is 0 Å². The molecule has 0 fully saturated rings. The SMILES string of the molecule is C.COc1cc(N)cnc1OC.COc1cc(NC(=O)CCl)cnc1OC.COc1cc(NC(=O)CSC2=Nc3cnc(Cl)cc3C2)cnc1OC.O=C(Cl)CCl.Sc1cc2cc(Cl)ncc2[nH]1. The second kappa shape index (κ2) is 30.6. The van der Waals surface area contributed by atoms with Crippen LogP contribution in [0.2, 0.25) is 10.3 Å². The van der Waals surface area contributed by atoms with E-state index >= 15 is 0 Å². The van der Waals surface area contributed by atoms with Gasteiger partial charge in [-0.3, -0.25) is 14.4 Å². The number of hydrogen-bond donors (Lipinski definition) is 5. The third-order valence-corrected chi connectivity index (χ3v) is 10.2. The molecule has 6 aromatic rings. The number of aliphatic imine (C=N–C) groups is 1. The number of carbonyl (C=O) groups excluding carboxylic acids is 3. The highest BCUT2D eigenvalue weighted by molar-refractivity contribution is 8.14. The number of aromatic nitrogens is 6. The monoisotopic (exact) mass is 1070 g/mol. The third-order valence-electron chi connectivity index (χ3n) is 7.86. The van der Waals surface area contributed by atoms with E-state index in [-0.39, 0.29) is 36.8 Å². The van der Waals surface area contributed by atoms with Gasteiger partial charge in [0.05, 0.1) is 124 Å². The normalized spacial score (nSPS) is 10.4. The van der Waals surface area contributed by atoms with Crippen molar-refractivity contribution in [3.8, 4) is 34.9 Å². The van der Waals surface area contributed by atoms with Crippen LogP contribution in [0.15, 0.2) is 77.4 Å². The van der Waals surface area contributed by atoms with Gasteiger partial charge in [-0.05, 0) is 35.4 Å². The standard InChI is InChI=1S/C16H15ClN4O3S.C9H11ClN2O3.C7H5ClN2S.C7H10N2O2.C2H2Cl2O.CH4/c1-23-12-5-10(6-19-16(12)24-2)20-14(22)8-25-15-4-9-3-13(17)18-7-11(9)21-15;1-14-7-3-6(12-8(13)4-10)5-11-9(7)15-2;8-6-1-4-2-7(11)10-5(4)3-9-6;1-10-6-3-5(8)4-9-7(6)11-2;3-1-2(4)5;/h3,5-7H,4,8H2,1-2H3,(H,20,22);3,5H,4H2,1-2H3,(H,12,13);1-3,10-11H;3-4H,8H2,1-2H3;1H2;1H4. The van der Waals surface area contributed by atoms with E-state index in [0.29, 0.717) is 68.7 Å². The van der Waals surface area contributed by atoms with E-state index in [4.69, 9.17) is 92.2 Å². The van der Waals surface area contributed by atoms with Gasteiger partial charge in [-0.25, -0.2) is 29.9 Å². The van der Waals surface area contributed by atoms with Crippen LogP contribution in [0, 0.1) is 0 Å². The lowest BCUT2D eigenvalue weighted by Gasteiger charge is -2.09. The molecular weight excluding hydrogens is 1030 g/mol. The molecule has 5 N–H and O–H groups in total. The number of fused-ring (bicyclic) bond motifs is 2. The number of anilines is 3. The predicted octanol–water partition coefficient (Wildman–Crippen LogP) is 9.19. The van der Waals surface area contributed by atoms with Gasteiger partial charge >= 0.3 is 0 Å². The molecule has 0 aliphatic carbocycles. The summed E-state index contributed by atoms with van der Waals surface area (Å²) in [6, 6.07) is 10.4. The minimum Gasteiger partial charge on any atom is -0.491 e. The van der Waals surface area contributed by atoms with Crippen molar-refractivity contribution in [2.24, 2.45) is 4.99 Å². The summed E-state index contributed by atoms with van der Waals surface area (Å²) in [6.45, 7) is 0. The van der Waals surface area contributed by atoms with E-state index in [1.807, 2.05) is 6.07 Å². The number of nitrogens with two attached hydrogens (primary N) is 1. The average Bonchev–Trinajstić information content (AvgIpc) is 3.92. The van der Waals surface area contributed by atoms with Crippen molar-refractivity contribution in [3.63, 3.8) is 0 Å². The third kappa shape index (κ3) is 19.5. The van der Waals surface area contributed by atoms with Crippen molar-refractivity contribution in [3.05, 3.63) is 83.3 Å². The summed E-state index contributed by atoms with van der Waals surface area (Å²) in [5.41, 5.74) is 9.85. The minimum atomic E-state index is -0.508. The number of aromatic amines is 1. The molecule has 0 atom stereocenters. The van der Waals surface area contributed by atoms with E-state index < -0.39 is 5.24 Å². The summed E-state index contributed by atoms with van der Waals surface area (Å²) in [6.07, 6.45) is 8.49. The van der Waals surface area contributed by atoms with Gasteiger partial charge in [-0.15, -0.1) is 47.6 Å². The number of alkyl halides is 2. The van der Waals surface area contributed by atoms with Crippen LogP contribution >= 0.6 is 82.4 Å². The number of nitrogens with one attached hydrogen (secondary N) is 3. The summed E-state index contributed by atoms with van der Waals surface area (Å²) in [5, 5.41) is 8.49. The number of thioether (sulfide) groups is 1. The molecule has 0 saturated heterocycles. The van der Waals surface area contributed by atoms with Crippen LogP contribution in [0.4, 0.5) is 22.7 Å². The Labute approximate surface area is 426 Å². The molecule has 0 unspecified atom stereocenters. The molecule has 0 bridgehead atoms. The summed E-state index contributed by atoms with van der Waals surface area (Å²) in [4.78, 5) is 59.9. The molecule has 0 saturated carbocycles. The van der Waals surface area contributed by atoms with Crippen LogP contribution < -0.4 is 44.8 Å². The molecule has 0 aromatic carbocycles. The number of amides is 2. The van der Waals surface area contributed by atoms with E-state index in [1.54, 1.807) is 49.8 Å². The number of methoxy groups -OCH3 is 6. The van der Waals surface area contributed by atoms with E-state index in [0.717, 1.165) is 32.2 Å². The molecule has 2 amide bonds. The molecule has 7 heterocycles. The maximum Gasteiger partial charge on any atom is 0.256 e. The van der Waals surface area contributed by atoms with Crippen molar-refractivity contribution in [1.82, 2.24) is 29.9 Å². The molecule has 0 spiro atoms. The fourth-order valence-corrected chi connectivity index (χ4v) is 6.46. The van der Waals surface area contributed by atoms with Crippen molar-refractivity contribution in [1.29, 1.82) is 0 Å². The highest BCUT2D eigenvalue weighted by Gasteiger charge is 2.18. The van der Waals surface area contributed by atoms with Crippen molar-refractivity contribution >= 4 is 138 Å².